The molecule has 2 rings (SSSR count). The van der Waals surface area contributed by atoms with E-state index in [0.29, 0.717) is 17.9 Å². The van der Waals surface area contributed by atoms with Crippen molar-refractivity contribution in [1.29, 1.82) is 0 Å². The van der Waals surface area contributed by atoms with Gasteiger partial charge in [0.25, 0.3) is 0 Å². The van der Waals surface area contributed by atoms with E-state index >= 15 is 0 Å². The first kappa shape index (κ1) is 15.7. The Morgan fingerprint density at radius 1 is 1.36 bits per heavy atom. The molecule has 2 amide bonds. The van der Waals surface area contributed by atoms with Crippen molar-refractivity contribution in [3.8, 4) is 17.6 Å². The first-order chi connectivity index (χ1) is 10.6. The number of ether oxygens (including phenoxy) is 1. The van der Waals surface area contributed by atoms with E-state index in [2.05, 4.69) is 22.5 Å². The van der Waals surface area contributed by atoms with E-state index in [-0.39, 0.29) is 18.1 Å². The summed E-state index contributed by atoms with van der Waals surface area (Å²) in [6.07, 6.45) is 2.65. The first-order valence-electron chi connectivity index (χ1n) is 7.09. The van der Waals surface area contributed by atoms with E-state index in [1.54, 1.807) is 0 Å². The first-order valence-corrected chi connectivity index (χ1v) is 7.09. The van der Waals surface area contributed by atoms with Crippen LogP contribution in [0, 0.1) is 11.8 Å². The molecule has 0 bridgehead atoms. The molecule has 1 aromatic rings. The van der Waals surface area contributed by atoms with Crippen LogP contribution in [0.25, 0.3) is 0 Å². The number of aryl methyl sites for hydroxylation is 1. The Hall–Kier alpha value is -2.68. The monoisotopic (exact) mass is 302 g/mol. The highest BCUT2D eigenvalue weighted by Crippen LogP contribution is 2.30. The number of amides is 2. The lowest BCUT2D eigenvalue weighted by Crippen LogP contribution is -2.32. The fourth-order valence-electron chi connectivity index (χ4n) is 2.23. The Kier molecular flexibility index (Phi) is 5.26. The number of rotatable bonds is 2. The predicted octanol–water partition coefficient (Wildman–Crippen LogP) is 1.38. The van der Waals surface area contributed by atoms with Crippen LogP contribution in [0.1, 0.15) is 34.3 Å². The van der Waals surface area contributed by atoms with Crippen molar-refractivity contribution < 1.29 is 19.4 Å². The van der Waals surface area contributed by atoms with Crippen LogP contribution in [0.5, 0.6) is 5.75 Å². The number of urea groups is 1. The van der Waals surface area contributed by atoms with Crippen molar-refractivity contribution >= 4 is 12.0 Å². The van der Waals surface area contributed by atoms with E-state index in [9.17, 15) is 14.7 Å². The van der Waals surface area contributed by atoms with E-state index in [0.717, 1.165) is 24.8 Å². The highest BCUT2D eigenvalue weighted by atomic mass is 16.5. The number of hydrogen-bond donors (Lipinski definition) is 3. The number of hydrogen-bond acceptors (Lipinski definition) is 3. The molecule has 22 heavy (non-hydrogen) atoms. The largest absolute Gasteiger partial charge is 0.492 e. The van der Waals surface area contributed by atoms with Crippen LogP contribution in [0.3, 0.4) is 0 Å². The molecule has 6 nitrogen and oxygen atoms in total. The summed E-state index contributed by atoms with van der Waals surface area (Å²) in [4.78, 5) is 22.4. The average molecular weight is 302 g/mol. The van der Waals surface area contributed by atoms with Crippen LogP contribution in [-0.2, 0) is 6.42 Å². The molecule has 0 saturated carbocycles. The summed E-state index contributed by atoms with van der Waals surface area (Å²) >= 11 is 0. The molecule has 6 heteroatoms. The van der Waals surface area contributed by atoms with Crippen LogP contribution < -0.4 is 15.4 Å². The summed E-state index contributed by atoms with van der Waals surface area (Å²) in [5.41, 5.74) is 1.63. The van der Waals surface area contributed by atoms with Crippen LogP contribution >= 0.6 is 0 Å². The number of fused-ring (bicyclic) bond motifs is 1. The maximum absolute atomic E-state index is 11.4. The number of carboxylic acid groups (broad SMARTS) is 1. The second-order valence-electron chi connectivity index (χ2n) is 4.86. The minimum Gasteiger partial charge on any atom is -0.492 e. The van der Waals surface area contributed by atoms with Gasteiger partial charge < -0.3 is 20.5 Å². The van der Waals surface area contributed by atoms with Gasteiger partial charge in [0.15, 0.2) is 0 Å². The van der Waals surface area contributed by atoms with Gasteiger partial charge >= 0.3 is 12.0 Å². The molecular weight excluding hydrogens is 284 g/mol. The minimum absolute atomic E-state index is 0.142. The Labute approximate surface area is 128 Å². The topological polar surface area (TPSA) is 87.7 Å². The van der Waals surface area contributed by atoms with Crippen molar-refractivity contribution in [2.24, 2.45) is 0 Å². The molecule has 0 unspecified atom stereocenters. The Morgan fingerprint density at radius 2 is 2.18 bits per heavy atom. The fourth-order valence-corrected chi connectivity index (χ4v) is 2.23. The molecular formula is C16H18N2O4. The standard InChI is InChI=1S/C16H18N2O4/c1-17-16(21)18-7-4-5-11-9-12-6-2-3-8-22-14(12)13(10-11)15(19)20/h9-10H,2-3,6-8H2,1H3,(H,19,20)(H2,17,18,21). The lowest BCUT2D eigenvalue weighted by atomic mass is 10.0. The van der Waals surface area contributed by atoms with Gasteiger partial charge in [-0.1, -0.05) is 11.8 Å². The van der Waals surface area contributed by atoms with Crippen molar-refractivity contribution in [2.75, 3.05) is 20.2 Å². The van der Waals surface area contributed by atoms with Gasteiger partial charge in [0.1, 0.15) is 11.3 Å². The van der Waals surface area contributed by atoms with Crippen LogP contribution in [0.2, 0.25) is 0 Å². The van der Waals surface area contributed by atoms with Gasteiger partial charge in [-0.2, -0.15) is 0 Å². The third kappa shape index (κ3) is 3.92. The van der Waals surface area contributed by atoms with E-state index in [4.69, 9.17) is 4.74 Å². The molecule has 0 atom stereocenters. The summed E-state index contributed by atoms with van der Waals surface area (Å²) in [7, 11) is 1.52. The lowest BCUT2D eigenvalue weighted by molar-refractivity contribution is 0.0692. The summed E-state index contributed by atoms with van der Waals surface area (Å²) < 4.78 is 5.57. The van der Waals surface area contributed by atoms with E-state index < -0.39 is 5.97 Å². The number of aromatic carboxylic acids is 1. The zero-order valence-electron chi connectivity index (χ0n) is 12.4. The zero-order valence-corrected chi connectivity index (χ0v) is 12.4. The average Bonchev–Trinajstić information content (AvgIpc) is 2.75. The molecule has 0 radical (unpaired) electrons. The molecule has 3 N–H and O–H groups in total. The smallest absolute Gasteiger partial charge is 0.339 e. The lowest BCUT2D eigenvalue weighted by Gasteiger charge is -2.11. The molecule has 1 heterocycles. The second kappa shape index (κ2) is 7.36. The number of nitrogens with one attached hydrogen (secondary N) is 2. The molecule has 0 saturated heterocycles. The molecule has 0 fully saturated rings. The number of benzene rings is 1. The number of carbonyl (C=O) groups excluding carboxylic acids is 1. The summed E-state index contributed by atoms with van der Waals surface area (Å²) in [5, 5.41) is 14.3. The van der Waals surface area contributed by atoms with E-state index in [1.807, 2.05) is 6.07 Å². The van der Waals surface area contributed by atoms with Gasteiger partial charge in [0.2, 0.25) is 0 Å². The third-order valence-electron chi connectivity index (χ3n) is 3.28. The molecule has 1 aromatic carbocycles. The molecule has 0 aliphatic carbocycles. The zero-order chi connectivity index (χ0) is 15.9. The Bertz CT molecular complexity index is 644. The molecule has 0 aromatic heterocycles. The summed E-state index contributed by atoms with van der Waals surface area (Å²) in [5.74, 6) is 5.11. The van der Waals surface area contributed by atoms with Crippen molar-refractivity contribution in [1.82, 2.24) is 10.6 Å². The van der Waals surface area contributed by atoms with Gasteiger partial charge in [0, 0.05) is 12.6 Å². The van der Waals surface area contributed by atoms with Gasteiger partial charge in [-0.25, -0.2) is 9.59 Å². The maximum atomic E-state index is 11.4. The fraction of sp³-hybridized carbons (Fsp3) is 0.375. The maximum Gasteiger partial charge on any atom is 0.339 e. The highest BCUT2D eigenvalue weighted by molar-refractivity contribution is 5.92. The molecule has 1 aliphatic heterocycles. The Morgan fingerprint density at radius 3 is 2.91 bits per heavy atom. The van der Waals surface area contributed by atoms with Crippen molar-refractivity contribution in [3.05, 3.63) is 28.8 Å². The predicted molar refractivity (Wildman–Crippen MR) is 81.2 cm³/mol. The summed E-state index contributed by atoms with van der Waals surface area (Å²) in [6, 6.07) is 3.06. The number of carbonyl (C=O) groups is 2. The SMILES string of the molecule is CNC(=O)NCC#Cc1cc2c(c(C(=O)O)c1)OCCCC2. The van der Waals surface area contributed by atoms with Gasteiger partial charge in [0.05, 0.1) is 13.2 Å². The molecule has 116 valence electrons. The van der Waals surface area contributed by atoms with Crippen LogP contribution in [-0.4, -0.2) is 37.3 Å². The van der Waals surface area contributed by atoms with E-state index in [1.165, 1.54) is 13.1 Å². The summed E-state index contributed by atoms with van der Waals surface area (Å²) in [6.45, 7) is 0.726. The minimum atomic E-state index is -1.02. The van der Waals surface area contributed by atoms with Crippen molar-refractivity contribution in [3.63, 3.8) is 0 Å². The molecule has 0 spiro atoms. The second-order valence-corrected chi connectivity index (χ2v) is 4.86. The normalized spacial score (nSPS) is 12.8. The quantitative estimate of drug-likeness (QED) is 0.720. The number of carboxylic acids is 1. The Balaban J connectivity index is 2.24. The van der Waals surface area contributed by atoms with Gasteiger partial charge in [-0.3, -0.25) is 0 Å². The van der Waals surface area contributed by atoms with Crippen LogP contribution in [0.15, 0.2) is 12.1 Å². The van der Waals surface area contributed by atoms with Crippen LogP contribution in [0.4, 0.5) is 4.79 Å². The highest BCUT2D eigenvalue weighted by Gasteiger charge is 2.19. The van der Waals surface area contributed by atoms with Gasteiger partial charge in [-0.05, 0) is 37.0 Å². The van der Waals surface area contributed by atoms with Crippen molar-refractivity contribution in [2.45, 2.75) is 19.3 Å². The third-order valence-corrected chi connectivity index (χ3v) is 3.28. The molecule has 1 aliphatic rings. The van der Waals surface area contributed by atoms with Gasteiger partial charge in [-0.15, -0.1) is 0 Å².